The third kappa shape index (κ3) is 4.01. The van der Waals surface area contributed by atoms with Gasteiger partial charge in [-0.05, 0) is 38.1 Å². The molecule has 0 unspecified atom stereocenters. The molecule has 0 aliphatic carbocycles. The van der Waals surface area contributed by atoms with Gasteiger partial charge in [0.1, 0.15) is 17.1 Å². The zero-order chi connectivity index (χ0) is 21.3. The maximum Gasteiger partial charge on any atom is 0.337 e. The van der Waals surface area contributed by atoms with Crippen LogP contribution in [-0.2, 0) is 0 Å². The molecule has 156 valence electrons. The van der Waals surface area contributed by atoms with Crippen molar-refractivity contribution in [2.45, 2.75) is 20.0 Å². The molecule has 3 aromatic rings. The van der Waals surface area contributed by atoms with Gasteiger partial charge in [-0.3, -0.25) is 4.79 Å². The molecule has 4 rings (SSSR count). The number of ether oxygens (including phenoxy) is 1. The Kier molecular flexibility index (Phi) is 5.44. The minimum Gasteiger partial charge on any atom is -0.491 e. The highest BCUT2D eigenvalue weighted by Gasteiger charge is 2.25. The summed E-state index contributed by atoms with van der Waals surface area (Å²) in [6, 6.07) is 13.0. The highest BCUT2D eigenvalue weighted by Crippen LogP contribution is 2.25. The zero-order valence-electron chi connectivity index (χ0n) is 16.9. The van der Waals surface area contributed by atoms with E-state index in [4.69, 9.17) is 9.15 Å². The van der Waals surface area contributed by atoms with Crippen LogP contribution in [0.2, 0.25) is 0 Å². The van der Waals surface area contributed by atoms with Crippen LogP contribution in [0.4, 0.5) is 10.1 Å². The molecule has 1 aromatic heterocycles. The van der Waals surface area contributed by atoms with Crippen LogP contribution in [0.15, 0.2) is 57.7 Å². The summed E-state index contributed by atoms with van der Waals surface area (Å²) in [6.45, 7) is 5.70. The molecule has 7 heteroatoms. The maximum absolute atomic E-state index is 14.0. The summed E-state index contributed by atoms with van der Waals surface area (Å²) < 4.78 is 25.0. The number of fused-ring (bicyclic) bond motifs is 1. The molecule has 1 amide bonds. The number of anilines is 1. The summed E-state index contributed by atoms with van der Waals surface area (Å²) in [5.41, 5.74) is 0.566. The van der Waals surface area contributed by atoms with E-state index >= 15 is 0 Å². The Labute approximate surface area is 173 Å². The minimum absolute atomic E-state index is 0.0234. The van der Waals surface area contributed by atoms with Gasteiger partial charge in [0.05, 0.1) is 17.4 Å². The van der Waals surface area contributed by atoms with Crippen molar-refractivity contribution < 1.29 is 18.3 Å². The molecule has 1 aliphatic heterocycles. The topological polar surface area (TPSA) is 63.0 Å². The zero-order valence-corrected chi connectivity index (χ0v) is 16.9. The lowest BCUT2D eigenvalue weighted by molar-refractivity contribution is 0.0748. The summed E-state index contributed by atoms with van der Waals surface area (Å²) in [7, 11) is 0. The number of amides is 1. The van der Waals surface area contributed by atoms with Gasteiger partial charge in [0.15, 0.2) is 0 Å². The Bertz CT molecular complexity index is 1130. The summed E-state index contributed by atoms with van der Waals surface area (Å²) in [5, 5.41) is 0.562. The van der Waals surface area contributed by atoms with Crippen LogP contribution >= 0.6 is 0 Å². The van der Waals surface area contributed by atoms with Gasteiger partial charge in [-0.25, -0.2) is 9.18 Å². The van der Waals surface area contributed by atoms with Crippen molar-refractivity contribution in [3.8, 4) is 5.75 Å². The van der Waals surface area contributed by atoms with Crippen molar-refractivity contribution >= 4 is 22.6 Å². The average Bonchev–Trinajstić information content (AvgIpc) is 2.72. The summed E-state index contributed by atoms with van der Waals surface area (Å²) in [5.74, 6) is 0.0609. The summed E-state index contributed by atoms with van der Waals surface area (Å²) >= 11 is 0. The van der Waals surface area contributed by atoms with E-state index in [0.717, 1.165) is 0 Å². The van der Waals surface area contributed by atoms with E-state index in [1.54, 1.807) is 41.3 Å². The van der Waals surface area contributed by atoms with Gasteiger partial charge >= 0.3 is 5.63 Å². The van der Waals surface area contributed by atoms with Crippen molar-refractivity contribution in [3.05, 3.63) is 70.3 Å². The predicted molar refractivity (Wildman–Crippen MR) is 113 cm³/mol. The Morgan fingerprint density at radius 2 is 1.80 bits per heavy atom. The number of nitrogens with zero attached hydrogens (tertiary/aromatic N) is 2. The molecule has 6 nitrogen and oxygen atoms in total. The second kappa shape index (κ2) is 8.18. The van der Waals surface area contributed by atoms with E-state index < -0.39 is 5.63 Å². The lowest BCUT2D eigenvalue weighted by Gasteiger charge is -2.36. The van der Waals surface area contributed by atoms with Crippen LogP contribution < -0.4 is 15.3 Å². The average molecular weight is 410 g/mol. The molecular formula is C23H23FN2O4. The second-order valence-electron chi connectivity index (χ2n) is 7.53. The fraction of sp³-hybridized carbons (Fsp3) is 0.304. The van der Waals surface area contributed by atoms with Crippen LogP contribution in [0, 0.1) is 5.82 Å². The van der Waals surface area contributed by atoms with Crippen LogP contribution in [0.25, 0.3) is 11.0 Å². The number of piperazine rings is 1. The number of rotatable bonds is 4. The fourth-order valence-corrected chi connectivity index (χ4v) is 3.69. The summed E-state index contributed by atoms with van der Waals surface area (Å²) in [4.78, 5) is 28.8. The van der Waals surface area contributed by atoms with Crippen molar-refractivity contribution in [2.75, 3.05) is 31.1 Å². The standard InChI is InChI=1S/C23H23FN2O4/c1-15(2)29-16-7-8-17-18(14-22(27)30-21(17)13-16)23(28)26-11-9-25(10-12-26)20-6-4-3-5-19(20)24/h3-8,13-15H,9-12H2,1-2H3. The number of halogens is 1. The SMILES string of the molecule is CC(C)Oc1ccc2c(C(=O)N3CCN(c4ccccc4F)CC3)cc(=O)oc2c1. The number of carbonyl (C=O) groups excluding carboxylic acids is 1. The number of para-hydroxylation sites is 1. The first kappa shape index (κ1) is 19.9. The van der Waals surface area contributed by atoms with Crippen LogP contribution in [0.3, 0.4) is 0 Å². The Morgan fingerprint density at radius 3 is 2.50 bits per heavy atom. The monoisotopic (exact) mass is 410 g/mol. The molecule has 0 radical (unpaired) electrons. The lowest BCUT2D eigenvalue weighted by atomic mass is 10.1. The van der Waals surface area contributed by atoms with Crippen LogP contribution in [0.5, 0.6) is 5.75 Å². The van der Waals surface area contributed by atoms with Crippen molar-refractivity contribution in [1.82, 2.24) is 4.90 Å². The molecule has 0 bridgehead atoms. The van der Waals surface area contributed by atoms with Crippen molar-refractivity contribution in [3.63, 3.8) is 0 Å². The van der Waals surface area contributed by atoms with Crippen LogP contribution in [0.1, 0.15) is 24.2 Å². The molecule has 0 atom stereocenters. The molecule has 1 aliphatic rings. The van der Waals surface area contributed by atoms with Gasteiger partial charge in [-0.2, -0.15) is 0 Å². The van der Waals surface area contributed by atoms with E-state index in [0.29, 0.717) is 54.1 Å². The molecule has 0 saturated carbocycles. The fourth-order valence-electron chi connectivity index (χ4n) is 3.69. The largest absolute Gasteiger partial charge is 0.491 e. The smallest absolute Gasteiger partial charge is 0.337 e. The highest BCUT2D eigenvalue weighted by atomic mass is 19.1. The highest BCUT2D eigenvalue weighted by molar-refractivity contribution is 6.05. The maximum atomic E-state index is 14.0. The molecule has 1 fully saturated rings. The molecule has 2 aromatic carbocycles. The van der Waals surface area contributed by atoms with E-state index in [2.05, 4.69) is 0 Å². The normalized spacial score (nSPS) is 14.4. The number of hydrogen-bond donors (Lipinski definition) is 0. The molecule has 0 N–H and O–H groups in total. The molecule has 30 heavy (non-hydrogen) atoms. The predicted octanol–water partition coefficient (Wildman–Crippen LogP) is 3.68. The third-order valence-electron chi connectivity index (χ3n) is 5.08. The third-order valence-corrected chi connectivity index (χ3v) is 5.08. The molecule has 1 saturated heterocycles. The van der Waals surface area contributed by atoms with Crippen molar-refractivity contribution in [2.24, 2.45) is 0 Å². The van der Waals surface area contributed by atoms with E-state index in [-0.39, 0.29) is 17.8 Å². The van der Waals surface area contributed by atoms with E-state index in [1.807, 2.05) is 18.7 Å². The second-order valence-corrected chi connectivity index (χ2v) is 7.53. The van der Waals surface area contributed by atoms with Gasteiger partial charge in [0, 0.05) is 43.7 Å². The quantitative estimate of drug-likeness (QED) is 0.614. The minimum atomic E-state index is -0.586. The Hall–Kier alpha value is -3.35. The first-order valence-corrected chi connectivity index (χ1v) is 9.95. The van der Waals surface area contributed by atoms with E-state index in [1.165, 1.54) is 12.1 Å². The Balaban J connectivity index is 1.56. The summed E-state index contributed by atoms with van der Waals surface area (Å²) in [6.07, 6.45) is -0.0234. The first-order chi connectivity index (χ1) is 14.4. The van der Waals surface area contributed by atoms with Gasteiger partial charge in [0.2, 0.25) is 0 Å². The van der Waals surface area contributed by atoms with Gasteiger partial charge in [-0.1, -0.05) is 12.1 Å². The molecular weight excluding hydrogens is 387 g/mol. The van der Waals surface area contributed by atoms with E-state index in [9.17, 15) is 14.0 Å². The number of carbonyl (C=O) groups is 1. The van der Waals surface area contributed by atoms with Gasteiger partial charge in [0.25, 0.3) is 5.91 Å². The molecule has 2 heterocycles. The van der Waals surface area contributed by atoms with Gasteiger partial charge < -0.3 is 19.0 Å². The van der Waals surface area contributed by atoms with Crippen molar-refractivity contribution in [1.29, 1.82) is 0 Å². The Morgan fingerprint density at radius 1 is 1.07 bits per heavy atom. The van der Waals surface area contributed by atoms with Crippen LogP contribution in [-0.4, -0.2) is 43.1 Å². The first-order valence-electron chi connectivity index (χ1n) is 9.95. The number of hydrogen-bond acceptors (Lipinski definition) is 5. The number of benzene rings is 2. The molecule has 0 spiro atoms. The lowest BCUT2D eigenvalue weighted by Crippen LogP contribution is -2.49. The van der Waals surface area contributed by atoms with Gasteiger partial charge in [-0.15, -0.1) is 0 Å².